The Labute approximate surface area is 149 Å². The highest BCUT2D eigenvalue weighted by atomic mass is 19.1. The molecule has 1 aromatic carbocycles. The first-order valence-electron chi connectivity index (χ1n) is 9.21. The number of urea groups is 1. The smallest absolute Gasteiger partial charge is 0.321 e. The number of nitrogens with one attached hydrogen (secondary N) is 1. The summed E-state index contributed by atoms with van der Waals surface area (Å²) in [7, 11) is 1.56. The Hall–Kier alpha value is -1.66. The number of carbonyl (C=O) groups excluding carboxylic acids is 1. The number of ether oxygens (including phenoxy) is 1. The maximum absolute atomic E-state index is 13.4. The highest BCUT2D eigenvalue weighted by Gasteiger charge is 2.28. The minimum atomic E-state index is -0.326. The van der Waals surface area contributed by atoms with E-state index in [1.54, 1.807) is 13.2 Å². The number of methoxy groups -OCH3 is 1. The summed E-state index contributed by atoms with van der Waals surface area (Å²) in [6.45, 7) is 5.33. The number of carbonyl (C=O) groups is 1. The molecule has 5 nitrogen and oxygen atoms in total. The van der Waals surface area contributed by atoms with Crippen molar-refractivity contribution in [3.05, 3.63) is 29.6 Å². The lowest BCUT2D eigenvalue weighted by Crippen LogP contribution is -2.37. The van der Waals surface area contributed by atoms with Crippen molar-refractivity contribution >= 4 is 11.7 Å². The number of likely N-dealkylation sites (tertiary alicyclic amines) is 2. The summed E-state index contributed by atoms with van der Waals surface area (Å²) < 4.78 is 18.5. The van der Waals surface area contributed by atoms with E-state index in [-0.39, 0.29) is 18.5 Å². The maximum Gasteiger partial charge on any atom is 0.321 e. The average molecular weight is 349 g/mol. The second-order valence-electron chi connectivity index (χ2n) is 7.13. The molecule has 0 unspecified atom stereocenters. The topological polar surface area (TPSA) is 44.8 Å². The Kier molecular flexibility index (Phi) is 6.26. The molecule has 1 N–H and O–H groups in total. The van der Waals surface area contributed by atoms with Crippen molar-refractivity contribution in [3.8, 4) is 0 Å². The molecule has 138 valence electrons. The van der Waals surface area contributed by atoms with Crippen LogP contribution >= 0.6 is 0 Å². The highest BCUT2D eigenvalue weighted by molar-refractivity contribution is 5.90. The lowest BCUT2D eigenvalue weighted by Gasteiger charge is -2.29. The molecular formula is C19H28FN3O2. The third-order valence-corrected chi connectivity index (χ3v) is 5.15. The van der Waals surface area contributed by atoms with Crippen LogP contribution in [0.15, 0.2) is 18.2 Å². The number of anilines is 1. The predicted octanol–water partition coefficient (Wildman–Crippen LogP) is 3.31. The molecule has 0 bridgehead atoms. The zero-order valence-electron chi connectivity index (χ0n) is 15.0. The van der Waals surface area contributed by atoms with E-state index in [1.165, 1.54) is 44.5 Å². The number of amides is 2. The molecule has 25 heavy (non-hydrogen) atoms. The van der Waals surface area contributed by atoms with Gasteiger partial charge in [0.2, 0.25) is 0 Å². The van der Waals surface area contributed by atoms with Crippen LogP contribution < -0.4 is 5.32 Å². The largest absolute Gasteiger partial charge is 0.380 e. The molecule has 2 fully saturated rings. The van der Waals surface area contributed by atoms with Crippen molar-refractivity contribution < 1.29 is 13.9 Å². The SMILES string of the molecule is COCc1cc(F)ccc1NC(=O)N1CC[C@@H](CN2CCCCC2)C1. The van der Waals surface area contributed by atoms with Crippen LogP contribution in [0.1, 0.15) is 31.2 Å². The molecule has 0 radical (unpaired) electrons. The zero-order chi connectivity index (χ0) is 17.6. The Balaban J connectivity index is 1.53. The van der Waals surface area contributed by atoms with Crippen molar-refractivity contribution in [1.29, 1.82) is 0 Å². The molecule has 2 aliphatic heterocycles. The lowest BCUT2D eigenvalue weighted by molar-refractivity contribution is 0.185. The van der Waals surface area contributed by atoms with Gasteiger partial charge in [0.05, 0.1) is 6.61 Å². The first-order chi connectivity index (χ1) is 12.2. The normalized spacial score (nSPS) is 21.5. The van der Waals surface area contributed by atoms with Crippen molar-refractivity contribution in [2.45, 2.75) is 32.3 Å². The molecule has 2 amide bonds. The number of benzene rings is 1. The standard InChI is InChI=1S/C19H28FN3O2/c1-25-14-16-11-17(20)5-6-18(16)21-19(24)23-10-7-15(13-23)12-22-8-3-2-4-9-22/h5-6,11,15H,2-4,7-10,12-14H2,1H3,(H,21,24)/t15-/m0/s1. The van der Waals surface area contributed by atoms with Gasteiger partial charge in [-0.2, -0.15) is 0 Å². The van der Waals surface area contributed by atoms with Crippen LogP contribution in [0.2, 0.25) is 0 Å². The van der Waals surface area contributed by atoms with Gasteiger partial charge >= 0.3 is 6.03 Å². The molecule has 2 heterocycles. The first-order valence-corrected chi connectivity index (χ1v) is 9.21. The number of nitrogens with zero attached hydrogens (tertiary/aromatic N) is 2. The minimum Gasteiger partial charge on any atom is -0.380 e. The number of hydrogen-bond donors (Lipinski definition) is 1. The van der Waals surface area contributed by atoms with E-state index >= 15 is 0 Å². The Morgan fingerprint density at radius 2 is 2.08 bits per heavy atom. The van der Waals surface area contributed by atoms with Gasteiger partial charge in [-0.3, -0.25) is 0 Å². The van der Waals surface area contributed by atoms with Crippen molar-refractivity contribution in [3.63, 3.8) is 0 Å². The molecule has 3 rings (SSSR count). The summed E-state index contributed by atoms with van der Waals surface area (Å²) in [5.41, 5.74) is 1.27. The second kappa shape index (κ2) is 8.63. The molecule has 2 saturated heterocycles. The van der Waals surface area contributed by atoms with E-state index in [0.29, 0.717) is 17.2 Å². The van der Waals surface area contributed by atoms with Crippen LogP contribution in [-0.2, 0) is 11.3 Å². The number of hydrogen-bond acceptors (Lipinski definition) is 3. The van der Waals surface area contributed by atoms with Crippen LogP contribution in [0, 0.1) is 11.7 Å². The van der Waals surface area contributed by atoms with E-state index in [1.807, 2.05) is 4.90 Å². The fraction of sp³-hybridized carbons (Fsp3) is 0.632. The summed E-state index contributed by atoms with van der Waals surface area (Å²) in [5.74, 6) is 0.225. The highest BCUT2D eigenvalue weighted by Crippen LogP contribution is 2.22. The van der Waals surface area contributed by atoms with Gasteiger partial charge in [-0.15, -0.1) is 0 Å². The number of rotatable bonds is 5. The molecule has 6 heteroatoms. The molecule has 0 spiro atoms. The van der Waals surface area contributed by atoms with E-state index in [2.05, 4.69) is 10.2 Å². The Bertz CT molecular complexity index is 590. The van der Waals surface area contributed by atoms with Crippen molar-refractivity contribution in [2.24, 2.45) is 5.92 Å². The van der Waals surface area contributed by atoms with Gasteiger partial charge in [0.1, 0.15) is 5.82 Å². The van der Waals surface area contributed by atoms with Crippen molar-refractivity contribution in [1.82, 2.24) is 9.80 Å². The summed E-state index contributed by atoms with van der Waals surface area (Å²) in [6, 6.07) is 4.26. The number of halogens is 1. The third kappa shape index (κ3) is 4.92. The average Bonchev–Trinajstić information content (AvgIpc) is 3.07. The van der Waals surface area contributed by atoms with Crippen LogP contribution in [-0.4, -0.2) is 55.7 Å². The third-order valence-electron chi connectivity index (χ3n) is 5.15. The van der Waals surface area contributed by atoms with Crippen LogP contribution in [0.4, 0.5) is 14.9 Å². The van der Waals surface area contributed by atoms with Gasteiger partial charge in [0, 0.05) is 38.0 Å². The van der Waals surface area contributed by atoms with E-state index in [4.69, 9.17) is 4.74 Å². The summed E-state index contributed by atoms with van der Waals surface area (Å²) >= 11 is 0. The van der Waals surface area contributed by atoms with Gasteiger partial charge in [-0.05, 0) is 56.5 Å². The second-order valence-corrected chi connectivity index (χ2v) is 7.13. The molecule has 1 aromatic rings. The minimum absolute atomic E-state index is 0.106. The lowest BCUT2D eigenvalue weighted by atomic mass is 10.1. The van der Waals surface area contributed by atoms with E-state index in [0.717, 1.165) is 26.1 Å². The van der Waals surface area contributed by atoms with Gasteiger partial charge in [0.15, 0.2) is 0 Å². The Morgan fingerprint density at radius 3 is 2.84 bits per heavy atom. The van der Waals surface area contributed by atoms with Gasteiger partial charge in [-0.1, -0.05) is 6.42 Å². The monoisotopic (exact) mass is 349 g/mol. The molecular weight excluding hydrogens is 321 g/mol. The molecule has 0 saturated carbocycles. The summed E-state index contributed by atoms with van der Waals surface area (Å²) in [4.78, 5) is 17.0. The van der Waals surface area contributed by atoms with Gasteiger partial charge in [-0.25, -0.2) is 9.18 Å². The van der Waals surface area contributed by atoms with Gasteiger partial charge in [0.25, 0.3) is 0 Å². The quantitative estimate of drug-likeness (QED) is 0.887. The molecule has 2 aliphatic rings. The van der Waals surface area contributed by atoms with Crippen LogP contribution in [0.3, 0.4) is 0 Å². The van der Waals surface area contributed by atoms with Crippen LogP contribution in [0.25, 0.3) is 0 Å². The fourth-order valence-electron chi connectivity index (χ4n) is 3.83. The molecule has 0 aromatic heterocycles. The van der Waals surface area contributed by atoms with E-state index < -0.39 is 0 Å². The fourth-order valence-corrected chi connectivity index (χ4v) is 3.83. The first kappa shape index (κ1) is 18.1. The van der Waals surface area contributed by atoms with E-state index in [9.17, 15) is 9.18 Å². The van der Waals surface area contributed by atoms with Gasteiger partial charge < -0.3 is 19.9 Å². The number of piperidine rings is 1. The summed E-state index contributed by atoms with van der Waals surface area (Å²) in [6.07, 6.45) is 4.99. The van der Waals surface area contributed by atoms with Crippen LogP contribution in [0.5, 0.6) is 0 Å². The summed E-state index contributed by atoms with van der Waals surface area (Å²) in [5, 5.41) is 2.92. The van der Waals surface area contributed by atoms with Crippen molar-refractivity contribution in [2.75, 3.05) is 45.2 Å². The maximum atomic E-state index is 13.4. The molecule has 1 atom stereocenters. The zero-order valence-corrected chi connectivity index (χ0v) is 15.0. The Morgan fingerprint density at radius 1 is 1.28 bits per heavy atom. The predicted molar refractivity (Wildman–Crippen MR) is 96.1 cm³/mol. The molecule has 0 aliphatic carbocycles.